The van der Waals surface area contributed by atoms with Crippen LogP contribution < -0.4 is 5.32 Å². The second kappa shape index (κ2) is 6.61. The summed E-state index contributed by atoms with van der Waals surface area (Å²) in [4.78, 5) is 22.3. The number of benzene rings is 1. The number of ether oxygens (including phenoxy) is 1. The summed E-state index contributed by atoms with van der Waals surface area (Å²) in [5, 5.41) is 12.0. The van der Waals surface area contributed by atoms with Crippen LogP contribution >= 0.6 is 11.6 Å². The third-order valence-corrected chi connectivity index (χ3v) is 2.72. The van der Waals surface area contributed by atoms with Crippen LogP contribution in [0, 0.1) is 0 Å². The molecule has 20 heavy (non-hydrogen) atoms. The highest BCUT2D eigenvalue weighted by Gasteiger charge is 2.15. The molecule has 5 nitrogen and oxygen atoms in total. The molecule has 0 unspecified atom stereocenters. The number of aromatic carboxylic acids is 1. The molecule has 0 aromatic heterocycles. The smallest absolute Gasteiger partial charge is 0.407 e. The predicted octanol–water partition coefficient (Wildman–Crippen LogP) is 3.11. The van der Waals surface area contributed by atoms with Gasteiger partial charge in [0.1, 0.15) is 5.60 Å². The fourth-order valence-corrected chi connectivity index (χ4v) is 1.72. The summed E-state index contributed by atoms with van der Waals surface area (Å²) in [7, 11) is 0. The first-order chi connectivity index (χ1) is 9.19. The number of hydrogen-bond acceptors (Lipinski definition) is 3. The number of nitrogens with one attached hydrogen (secondary N) is 1. The van der Waals surface area contributed by atoms with Crippen LogP contribution in [0.25, 0.3) is 0 Å². The minimum absolute atomic E-state index is 0.168. The Hall–Kier alpha value is -1.75. The van der Waals surface area contributed by atoms with E-state index in [1.165, 1.54) is 18.2 Å². The second-order valence-electron chi connectivity index (χ2n) is 5.29. The summed E-state index contributed by atoms with van der Waals surface area (Å²) in [6.07, 6.45) is -0.0813. The zero-order chi connectivity index (χ0) is 15.3. The van der Waals surface area contributed by atoms with E-state index in [9.17, 15) is 9.59 Å². The zero-order valence-electron chi connectivity index (χ0n) is 11.7. The van der Waals surface area contributed by atoms with Gasteiger partial charge in [-0.1, -0.05) is 11.6 Å². The van der Waals surface area contributed by atoms with E-state index in [1.807, 2.05) is 0 Å². The van der Waals surface area contributed by atoms with Crippen molar-refractivity contribution in [3.63, 3.8) is 0 Å². The van der Waals surface area contributed by atoms with Crippen LogP contribution in [0.15, 0.2) is 18.2 Å². The Morgan fingerprint density at radius 2 is 2.00 bits per heavy atom. The number of amides is 1. The van der Waals surface area contributed by atoms with Gasteiger partial charge in [-0.05, 0) is 51.0 Å². The summed E-state index contributed by atoms with van der Waals surface area (Å²) >= 11 is 5.99. The van der Waals surface area contributed by atoms with E-state index in [4.69, 9.17) is 21.4 Å². The quantitative estimate of drug-likeness (QED) is 0.895. The number of hydrogen-bond donors (Lipinski definition) is 2. The molecule has 2 N–H and O–H groups in total. The van der Waals surface area contributed by atoms with Gasteiger partial charge in [0.05, 0.1) is 5.56 Å². The van der Waals surface area contributed by atoms with Gasteiger partial charge >= 0.3 is 12.1 Å². The topological polar surface area (TPSA) is 75.6 Å². The van der Waals surface area contributed by atoms with Gasteiger partial charge in [0.2, 0.25) is 0 Å². The fourth-order valence-electron chi connectivity index (χ4n) is 1.51. The predicted molar refractivity (Wildman–Crippen MR) is 76.4 cm³/mol. The molecule has 1 amide bonds. The Bertz CT molecular complexity index is 508. The molecule has 110 valence electrons. The molecule has 0 saturated carbocycles. The average Bonchev–Trinajstić information content (AvgIpc) is 2.28. The lowest BCUT2D eigenvalue weighted by molar-refractivity contribution is 0.0527. The van der Waals surface area contributed by atoms with Gasteiger partial charge in [0.25, 0.3) is 0 Å². The summed E-state index contributed by atoms with van der Waals surface area (Å²) in [6, 6.07) is 4.48. The Morgan fingerprint density at radius 1 is 1.35 bits per heavy atom. The standard InChI is InChI=1S/C14H18ClNO4/c1-14(2,3)20-13(19)16-7-6-9-8-10(12(17)18)4-5-11(9)15/h4-5,8H,6-7H2,1-3H3,(H,16,19)(H,17,18). The molecular formula is C14H18ClNO4. The van der Waals surface area contributed by atoms with Crippen molar-refractivity contribution in [3.8, 4) is 0 Å². The highest BCUT2D eigenvalue weighted by atomic mass is 35.5. The first-order valence-electron chi connectivity index (χ1n) is 6.17. The Morgan fingerprint density at radius 3 is 2.55 bits per heavy atom. The molecule has 0 heterocycles. The van der Waals surface area contributed by atoms with E-state index >= 15 is 0 Å². The molecule has 0 aliphatic rings. The maximum Gasteiger partial charge on any atom is 0.407 e. The number of rotatable bonds is 4. The van der Waals surface area contributed by atoms with Crippen molar-refractivity contribution >= 4 is 23.7 Å². The minimum atomic E-state index is -1.01. The number of carboxylic acid groups (broad SMARTS) is 1. The van der Waals surface area contributed by atoms with Crippen molar-refractivity contribution in [2.75, 3.05) is 6.54 Å². The van der Waals surface area contributed by atoms with Gasteiger partial charge in [0, 0.05) is 11.6 Å². The van der Waals surface area contributed by atoms with Crippen LogP contribution in [0.2, 0.25) is 5.02 Å². The summed E-state index contributed by atoms with van der Waals surface area (Å²) < 4.78 is 5.09. The molecule has 0 spiro atoms. The first-order valence-corrected chi connectivity index (χ1v) is 6.55. The third-order valence-electron chi connectivity index (χ3n) is 2.36. The highest BCUT2D eigenvalue weighted by molar-refractivity contribution is 6.31. The highest BCUT2D eigenvalue weighted by Crippen LogP contribution is 2.18. The Kier molecular flexibility index (Phi) is 5.39. The molecule has 0 radical (unpaired) electrons. The number of alkyl carbamates (subject to hydrolysis) is 1. The molecule has 6 heteroatoms. The molecule has 1 aromatic carbocycles. The van der Waals surface area contributed by atoms with Crippen LogP contribution in [0.1, 0.15) is 36.7 Å². The van der Waals surface area contributed by atoms with E-state index < -0.39 is 17.7 Å². The number of carbonyl (C=O) groups excluding carboxylic acids is 1. The van der Waals surface area contributed by atoms with Crippen LogP contribution in [-0.4, -0.2) is 29.3 Å². The number of carbonyl (C=O) groups is 2. The molecule has 1 rings (SSSR count). The van der Waals surface area contributed by atoms with Crippen LogP contribution in [0.5, 0.6) is 0 Å². The van der Waals surface area contributed by atoms with Crippen LogP contribution in [-0.2, 0) is 11.2 Å². The van der Waals surface area contributed by atoms with Gasteiger partial charge < -0.3 is 15.2 Å². The monoisotopic (exact) mass is 299 g/mol. The van der Waals surface area contributed by atoms with Crippen molar-refractivity contribution in [1.29, 1.82) is 0 Å². The maximum absolute atomic E-state index is 11.4. The largest absolute Gasteiger partial charge is 0.478 e. The van der Waals surface area contributed by atoms with Gasteiger partial charge in [-0.3, -0.25) is 0 Å². The van der Waals surface area contributed by atoms with Crippen molar-refractivity contribution in [3.05, 3.63) is 34.3 Å². The van der Waals surface area contributed by atoms with Crippen molar-refractivity contribution in [2.45, 2.75) is 32.8 Å². The Balaban J connectivity index is 2.56. The van der Waals surface area contributed by atoms with Crippen LogP contribution in [0.4, 0.5) is 4.79 Å². The molecule has 0 aliphatic carbocycles. The van der Waals surface area contributed by atoms with Gasteiger partial charge in [-0.15, -0.1) is 0 Å². The Labute approximate surface area is 122 Å². The molecule has 0 aliphatic heterocycles. The summed E-state index contributed by atoms with van der Waals surface area (Å²) in [6.45, 7) is 5.65. The fraction of sp³-hybridized carbons (Fsp3) is 0.429. The molecule has 1 aromatic rings. The number of halogens is 1. The van der Waals surface area contributed by atoms with E-state index in [1.54, 1.807) is 20.8 Å². The zero-order valence-corrected chi connectivity index (χ0v) is 12.5. The lowest BCUT2D eigenvalue weighted by atomic mass is 10.1. The molecule has 0 bridgehead atoms. The van der Waals surface area contributed by atoms with E-state index in [-0.39, 0.29) is 5.56 Å². The average molecular weight is 300 g/mol. The SMILES string of the molecule is CC(C)(C)OC(=O)NCCc1cc(C(=O)O)ccc1Cl. The summed E-state index contributed by atoms with van der Waals surface area (Å²) in [5.74, 6) is -1.01. The minimum Gasteiger partial charge on any atom is -0.478 e. The second-order valence-corrected chi connectivity index (χ2v) is 5.70. The van der Waals surface area contributed by atoms with Gasteiger partial charge in [-0.25, -0.2) is 9.59 Å². The van der Waals surface area contributed by atoms with Crippen molar-refractivity contribution in [2.24, 2.45) is 0 Å². The molecule has 0 atom stereocenters. The van der Waals surface area contributed by atoms with Crippen molar-refractivity contribution < 1.29 is 19.4 Å². The van der Waals surface area contributed by atoms with E-state index in [0.29, 0.717) is 23.6 Å². The molecular weight excluding hydrogens is 282 g/mol. The lowest BCUT2D eigenvalue weighted by Crippen LogP contribution is -2.33. The van der Waals surface area contributed by atoms with Crippen molar-refractivity contribution in [1.82, 2.24) is 5.32 Å². The van der Waals surface area contributed by atoms with Gasteiger partial charge in [-0.2, -0.15) is 0 Å². The summed E-state index contributed by atoms with van der Waals surface area (Å²) in [5.41, 5.74) is 0.287. The van der Waals surface area contributed by atoms with Gasteiger partial charge in [0.15, 0.2) is 0 Å². The normalized spacial score (nSPS) is 11.0. The first kappa shape index (κ1) is 16.3. The lowest BCUT2D eigenvalue weighted by Gasteiger charge is -2.19. The molecule has 0 saturated heterocycles. The number of carboxylic acids is 1. The maximum atomic E-state index is 11.4. The molecule has 0 fully saturated rings. The third kappa shape index (κ3) is 5.48. The van der Waals surface area contributed by atoms with E-state index in [0.717, 1.165) is 0 Å². The van der Waals surface area contributed by atoms with Crippen LogP contribution in [0.3, 0.4) is 0 Å². The van der Waals surface area contributed by atoms with E-state index in [2.05, 4.69) is 5.32 Å².